The van der Waals surface area contributed by atoms with Crippen LogP contribution in [0.3, 0.4) is 0 Å². The molecule has 0 saturated carbocycles. The standard InChI is InChI=1S/C19H28BNO6/c1-18(2)19(3,4)27-20(26-18)14-5-7-16(8-6-14)25-12-15(22)11-21-9-10-24-13-17(21)23/h5-8,15,22H,9-13H2,1-4H3. The predicted octanol–water partition coefficient (Wildman–Crippen LogP) is 0.584. The Morgan fingerprint density at radius 1 is 1.19 bits per heavy atom. The Morgan fingerprint density at radius 2 is 1.81 bits per heavy atom. The van der Waals surface area contributed by atoms with Crippen LogP contribution < -0.4 is 10.2 Å². The van der Waals surface area contributed by atoms with E-state index in [9.17, 15) is 9.90 Å². The molecule has 2 saturated heterocycles. The molecule has 0 radical (unpaired) electrons. The van der Waals surface area contributed by atoms with Crippen LogP contribution in [0.15, 0.2) is 24.3 Å². The van der Waals surface area contributed by atoms with E-state index < -0.39 is 13.2 Å². The zero-order valence-corrected chi connectivity index (χ0v) is 16.4. The minimum absolute atomic E-state index is 0.0773. The number of carbonyl (C=O) groups is 1. The quantitative estimate of drug-likeness (QED) is 0.732. The summed E-state index contributed by atoms with van der Waals surface area (Å²) in [6.45, 7) is 9.51. The Labute approximate surface area is 160 Å². The highest BCUT2D eigenvalue weighted by Gasteiger charge is 2.51. The third kappa shape index (κ3) is 4.63. The van der Waals surface area contributed by atoms with E-state index in [4.69, 9.17) is 18.8 Å². The highest BCUT2D eigenvalue weighted by atomic mass is 16.7. The van der Waals surface area contributed by atoms with Gasteiger partial charge in [-0.2, -0.15) is 0 Å². The summed E-state index contributed by atoms with van der Waals surface area (Å²) < 4.78 is 22.8. The van der Waals surface area contributed by atoms with E-state index in [0.29, 0.717) is 18.9 Å². The number of ether oxygens (including phenoxy) is 2. The maximum Gasteiger partial charge on any atom is 0.494 e. The predicted molar refractivity (Wildman–Crippen MR) is 101 cm³/mol. The van der Waals surface area contributed by atoms with Crippen LogP contribution in [0.4, 0.5) is 0 Å². The van der Waals surface area contributed by atoms with Crippen LogP contribution in [-0.4, -0.2) is 73.2 Å². The molecule has 1 aromatic carbocycles. The fourth-order valence-corrected chi connectivity index (χ4v) is 2.94. The van der Waals surface area contributed by atoms with E-state index in [0.717, 1.165) is 5.46 Å². The molecule has 0 aromatic heterocycles. The SMILES string of the molecule is CC1(C)OB(c2ccc(OCC(O)CN3CCOCC3=O)cc2)OC1(C)C. The highest BCUT2D eigenvalue weighted by molar-refractivity contribution is 6.62. The molecule has 1 aromatic rings. The van der Waals surface area contributed by atoms with E-state index in [1.165, 1.54) is 0 Å². The van der Waals surface area contributed by atoms with Crippen LogP contribution in [0.5, 0.6) is 5.75 Å². The van der Waals surface area contributed by atoms with Gasteiger partial charge in [0, 0.05) is 6.54 Å². The summed E-state index contributed by atoms with van der Waals surface area (Å²) in [7, 11) is -0.415. The van der Waals surface area contributed by atoms with Gasteiger partial charge in [-0.05, 0) is 45.3 Å². The molecule has 2 fully saturated rings. The molecule has 0 aliphatic carbocycles. The van der Waals surface area contributed by atoms with Crippen LogP contribution >= 0.6 is 0 Å². The number of rotatable bonds is 6. The van der Waals surface area contributed by atoms with Crippen molar-refractivity contribution in [1.82, 2.24) is 4.90 Å². The second kappa shape index (κ2) is 7.79. The van der Waals surface area contributed by atoms with Gasteiger partial charge in [0.25, 0.3) is 0 Å². The van der Waals surface area contributed by atoms with Crippen molar-refractivity contribution in [3.63, 3.8) is 0 Å². The third-order valence-electron chi connectivity index (χ3n) is 5.36. The molecule has 27 heavy (non-hydrogen) atoms. The number of benzene rings is 1. The Balaban J connectivity index is 1.50. The Kier molecular flexibility index (Phi) is 5.81. The van der Waals surface area contributed by atoms with Crippen molar-refractivity contribution in [3.8, 4) is 5.75 Å². The van der Waals surface area contributed by atoms with E-state index >= 15 is 0 Å². The fourth-order valence-electron chi connectivity index (χ4n) is 2.94. The fraction of sp³-hybridized carbons (Fsp3) is 0.632. The number of aliphatic hydroxyl groups excluding tert-OH is 1. The molecule has 1 amide bonds. The van der Waals surface area contributed by atoms with Crippen molar-refractivity contribution in [2.45, 2.75) is 45.0 Å². The minimum Gasteiger partial charge on any atom is -0.491 e. The van der Waals surface area contributed by atoms with Gasteiger partial charge in [0.15, 0.2) is 0 Å². The molecular weight excluding hydrogens is 349 g/mol. The van der Waals surface area contributed by atoms with E-state index in [-0.39, 0.29) is 36.9 Å². The first kappa shape index (κ1) is 20.1. The number of β-amino-alcohol motifs (C(OH)–C–C–N with tert-alkyl or cyclic N) is 1. The lowest BCUT2D eigenvalue weighted by Crippen LogP contribution is -2.46. The molecule has 2 heterocycles. The van der Waals surface area contributed by atoms with E-state index in [1.807, 2.05) is 52.0 Å². The van der Waals surface area contributed by atoms with Crippen molar-refractivity contribution in [2.75, 3.05) is 32.9 Å². The smallest absolute Gasteiger partial charge is 0.491 e. The van der Waals surface area contributed by atoms with Crippen molar-refractivity contribution in [3.05, 3.63) is 24.3 Å². The van der Waals surface area contributed by atoms with Gasteiger partial charge in [0.1, 0.15) is 25.1 Å². The summed E-state index contributed by atoms with van der Waals surface area (Å²) >= 11 is 0. The Bertz CT molecular complexity index is 647. The molecule has 8 heteroatoms. The van der Waals surface area contributed by atoms with Crippen LogP contribution in [0, 0.1) is 0 Å². The number of carbonyl (C=O) groups excluding carboxylic acids is 1. The van der Waals surface area contributed by atoms with Gasteiger partial charge in [-0.1, -0.05) is 12.1 Å². The molecule has 148 valence electrons. The monoisotopic (exact) mass is 377 g/mol. The molecular formula is C19H28BNO6. The number of hydrogen-bond acceptors (Lipinski definition) is 6. The second-order valence-corrected chi connectivity index (χ2v) is 8.01. The largest absolute Gasteiger partial charge is 0.494 e. The minimum atomic E-state index is -0.755. The Hall–Kier alpha value is -1.61. The molecule has 2 aliphatic rings. The molecule has 3 rings (SSSR count). The van der Waals surface area contributed by atoms with Gasteiger partial charge in [-0.15, -0.1) is 0 Å². The summed E-state index contributed by atoms with van der Waals surface area (Å²) in [5.74, 6) is 0.537. The number of hydrogen-bond donors (Lipinski definition) is 1. The molecule has 1 N–H and O–H groups in total. The summed E-state index contributed by atoms with van der Waals surface area (Å²) in [5, 5.41) is 10.1. The first-order chi connectivity index (χ1) is 12.7. The summed E-state index contributed by atoms with van der Waals surface area (Å²) in [6.07, 6.45) is -0.755. The topological polar surface area (TPSA) is 77.5 Å². The van der Waals surface area contributed by atoms with Crippen molar-refractivity contribution >= 4 is 18.5 Å². The molecule has 0 spiro atoms. The lowest BCUT2D eigenvalue weighted by atomic mass is 9.79. The molecule has 0 bridgehead atoms. The van der Waals surface area contributed by atoms with Crippen molar-refractivity contribution in [2.24, 2.45) is 0 Å². The van der Waals surface area contributed by atoms with Gasteiger partial charge in [0.2, 0.25) is 5.91 Å². The average Bonchev–Trinajstić information content (AvgIpc) is 2.83. The number of nitrogens with zero attached hydrogens (tertiary/aromatic N) is 1. The second-order valence-electron chi connectivity index (χ2n) is 8.01. The lowest BCUT2D eigenvalue weighted by Gasteiger charge is -2.32. The van der Waals surface area contributed by atoms with Crippen LogP contribution in [0.2, 0.25) is 0 Å². The van der Waals surface area contributed by atoms with E-state index in [2.05, 4.69) is 0 Å². The van der Waals surface area contributed by atoms with Gasteiger partial charge >= 0.3 is 7.12 Å². The lowest BCUT2D eigenvalue weighted by molar-refractivity contribution is -0.144. The Morgan fingerprint density at radius 3 is 2.41 bits per heavy atom. The zero-order valence-electron chi connectivity index (χ0n) is 16.4. The summed E-state index contributed by atoms with van der Waals surface area (Å²) in [4.78, 5) is 13.3. The van der Waals surface area contributed by atoms with Gasteiger partial charge in [-0.25, -0.2) is 0 Å². The van der Waals surface area contributed by atoms with E-state index in [1.54, 1.807) is 4.90 Å². The van der Waals surface area contributed by atoms with Crippen molar-refractivity contribution < 1.29 is 28.7 Å². The number of amides is 1. The first-order valence-corrected chi connectivity index (χ1v) is 9.30. The maximum atomic E-state index is 11.7. The molecule has 1 unspecified atom stereocenters. The highest BCUT2D eigenvalue weighted by Crippen LogP contribution is 2.36. The summed E-state index contributed by atoms with van der Waals surface area (Å²) in [6, 6.07) is 7.45. The van der Waals surface area contributed by atoms with Gasteiger partial charge < -0.3 is 28.8 Å². The van der Waals surface area contributed by atoms with Gasteiger partial charge in [0.05, 0.1) is 24.4 Å². The normalized spacial score (nSPS) is 22.8. The van der Waals surface area contributed by atoms with Gasteiger partial charge in [-0.3, -0.25) is 4.79 Å². The maximum absolute atomic E-state index is 11.7. The number of morpholine rings is 1. The number of aliphatic hydroxyl groups is 1. The zero-order chi connectivity index (χ0) is 19.7. The van der Waals surface area contributed by atoms with Crippen LogP contribution in [0.1, 0.15) is 27.7 Å². The van der Waals surface area contributed by atoms with Crippen molar-refractivity contribution in [1.29, 1.82) is 0 Å². The van der Waals surface area contributed by atoms with Crippen LogP contribution in [0.25, 0.3) is 0 Å². The third-order valence-corrected chi connectivity index (χ3v) is 5.36. The molecule has 1 atom stereocenters. The van der Waals surface area contributed by atoms with Crippen LogP contribution in [-0.2, 0) is 18.8 Å². The first-order valence-electron chi connectivity index (χ1n) is 9.30. The average molecular weight is 377 g/mol. The molecule has 7 nitrogen and oxygen atoms in total. The summed E-state index contributed by atoms with van der Waals surface area (Å²) in [5.41, 5.74) is 0.155. The molecule has 2 aliphatic heterocycles.